The molecule has 0 atom stereocenters. The predicted octanol–water partition coefficient (Wildman–Crippen LogP) is 3.02. The molecule has 0 aliphatic rings. The SMILES string of the molecule is C/C(CC(=O)Nc1ccc(Nc2ccccc2)cc1)=N\NC(=O)C(=O)NCC(C)C. The van der Waals surface area contributed by atoms with Crippen LogP contribution in [0.5, 0.6) is 0 Å². The zero-order chi connectivity index (χ0) is 21.9. The van der Waals surface area contributed by atoms with Crippen LogP contribution in [-0.2, 0) is 14.4 Å². The molecule has 0 unspecified atom stereocenters. The number of hydrazone groups is 1. The number of carbonyl (C=O) groups excluding carboxylic acids is 3. The Labute approximate surface area is 176 Å². The van der Waals surface area contributed by atoms with Crippen molar-refractivity contribution in [3.8, 4) is 0 Å². The van der Waals surface area contributed by atoms with Gasteiger partial charge in [-0.05, 0) is 49.2 Å². The van der Waals surface area contributed by atoms with Gasteiger partial charge in [0.25, 0.3) is 0 Å². The third-order valence-electron chi connectivity index (χ3n) is 3.87. The molecule has 0 bridgehead atoms. The molecule has 0 fully saturated rings. The van der Waals surface area contributed by atoms with Crippen LogP contribution < -0.4 is 21.4 Å². The molecule has 0 radical (unpaired) electrons. The van der Waals surface area contributed by atoms with E-state index in [-0.39, 0.29) is 18.2 Å². The van der Waals surface area contributed by atoms with E-state index in [9.17, 15) is 14.4 Å². The normalized spacial score (nSPS) is 11.0. The number of hydrogen-bond donors (Lipinski definition) is 4. The van der Waals surface area contributed by atoms with Gasteiger partial charge in [0.15, 0.2) is 0 Å². The molecular formula is C22H27N5O3. The fraction of sp³-hybridized carbons (Fsp3) is 0.273. The molecule has 0 aromatic heterocycles. The van der Waals surface area contributed by atoms with Crippen molar-refractivity contribution in [2.24, 2.45) is 11.0 Å². The van der Waals surface area contributed by atoms with Gasteiger partial charge in [-0.2, -0.15) is 5.10 Å². The Morgan fingerprint density at radius 1 is 0.867 bits per heavy atom. The second kappa shape index (κ2) is 11.4. The minimum Gasteiger partial charge on any atom is -0.356 e. The van der Waals surface area contributed by atoms with E-state index in [0.29, 0.717) is 17.9 Å². The molecular weight excluding hydrogens is 382 g/mol. The van der Waals surface area contributed by atoms with Crippen molar-refractivity contribution >= 4 is 40.5 Å². The highest BCUT2D eigenvalue weighted by Gasteiger charge is 2.13. The van der Waals surface area contributed by atoms with Crippen molar-refractivity contribution < 1.29 is 14.4 Å². The Balaban J connectivity index is 1.79. The van der Waals surface area contributed by atoms with Gasteiger partial charge >= 0.3 is 11.8 Å². The number of benzene rings is 2. The third kappa shape index (κ3) is 8.14. The van der Waals surface area contributed by atoms with E-state index < -0.39 is 11.8 Å². The molecule has 0 spiro atoms. The molecule has 2 rings (SSSR count). The first kappa shape index (κ1) is 22.6. The summed E-state index contributed by atoms with van der Waals surface area (Å²) in [5.74, 6) is -1.66. The van der Waals surface area contributed by atoms with Gasteiger partial charge in [-0.1, -0.05) is 32.0 Å². The van der Waals surface area contributed by atoms with Gasteiger partial charge < -0.3 is 16.0 Å². The molecule has 8 heteroatoms. The first-order chi connectivity index (χ1) is 14.3. The highest BCUT2D eigenvalue weighted by atomic mass is 16.2. The predicted molar refractivity (Wildman–Crippen MR) is 119 cm³/mol. The zero-order valence-corrected chi connectivity index (χ0v) is 17.4. The number of rotatable bonds is 8. The smallest absolute Gasteiger partial charge is 0.329 e. The molecule has 0 saturated heterocycles. The van der Waals surface area contributed by atoms with Gasteiger partial charge in [0.1, 0.15) is 0 Å². The van der Waals surface area contributed by atoms with Crippen molar-refractivity contribution in [1.29, 1.82) is 0 Å². The van der Waals surface area contributed by atoms with Gasteiger partial charge in [0.05, 0.1) is 6.42 Å². The average molecular weight is 409 g/mol. The minimum absolute atomic E-state index is 0.0160. The minimum atomic E-state index is -0.864. The van der Waals surface area contributed by atoms with Crippen molar-refractivity contribution in [3.63, 3.8) is 0 Å². The van der Waals surface area contributed by atoms with Crippen molar-refractivity contribution in [3.05, 3.63) is 54.6 Å². The quantitative estimate of drug-likeness (QED) is 0.305. The number of hydrogen-bond acceptors (Lipinski definition) is 5. The van der Waals surface area contributed by atoms with Crippen LogP contribution in [0.15, 0.2) is 59.7 Å². The summed E-state index contributed by atoms with van der Waals surface area (Å²) in [5.41, 5.74) is 5.04. The lowest BCUT2D eigenvalue weighted by molar-refractivity contribution is -0.139. The molecule has 2 aromatic carbocycles. The summed E-state index contributed by atoms with van der Waals surface area (Å²) in [6.45, 7) is 5.84. The topological polar surface area (TPSA) is 112 Å². The first-order valence-corrected chi connectivity index (χ1v) is 9.67. The second-order valence-corrected chi connectivity index (χ2v) is 7.19. The first-order valence-electron chi connectivity index (χ1n) is 9.67. The Kier molecular flexibility index (Phi) is 8.56. The van der Waals surface area contributed by atoms with E-state index in [1.165, 1.54) is 0 Å². The highest BCUT2D eigenvalue weighted by Crippen LogP contribution is 2.18. The molecule has 0 aliphatic heterocycles. The van der Waals surface area contributed by atoms with Crippen LogP contribution >= 0.6 is 0 Å². The highest BCUT2D eigenvalue weighted by molar-refractivity contribution is 6.35. The number of para-hydroxylation sites is 1. The lowest BCUT2D eigenvalue weighted by Gasteiger charge is -2.09. The summed E-state index contributed by atoms with van der Waals surface area (Å²) >= 11 is 0. The lowest BCUT2D eigenvalue weighted by atomic mass is 10.2. The Morgan fingerprint density at radius 2 is 1.47 bits per heavy atom. The molecule has 8 nitrogen and oxygen atoms in total. The summed E-state index contributed by atoms with van der Waals surface area (Å²) in [4.78, 5) is 35.4. The molecule has 158 valence electrons. The number of anilines is 3. The fourth-order valence-electron chi connectivity index (χ4n) is 2.38. The van der Waals surface area contributed by atoms with Gasteiger partial charge in [-0.25, -0.2) is 5.43 Å². The van der Waals surface area contributed by atoms with Crippen LogP contribution in [0.4, 0.5) is 17.1 Å². The molecule has 3 amide bonds. The standard InChI is InChI=1S/C22H27N5O3/c1-15(2)14-23-21(29)22(30)27-26-16(3)13-20(28)25-19-11-9-18(10-12-19)24-17-7-5-4-6-8-17/h4-12,15,24H,13-14H2,1-3H3,(H,23,29)(H,25,28)(H,27,30)/b26-16+. The maximum absolute atomic E-state index is 12.2. The zero-order valence-electron chi connectivity index (χ0n) is 17.4. The van der Waals surface area contributed by atoms with Crippen molar-refractivity contribution in [1.82, 2.24) is 10.7 Å². The monoisotopic (exact) mass is 409 g/mol. The van der Waals surface area contributed by atoms with E-state index in [0.717, 1.165) is 11.4 Å². The van der Waals surface area contributed by atoms with Crippen LogP contribution in [0.25, 0.3) is 0 Å². The molecule has 2 aromatic rings. The van der Waals surface area contributed by atoms with Crippen LogP contribution in [0, 0.1) is 5.92 Å². The largest absolute Gasteiger partial charge is 0.356 e. The van der Waals surface area contributed by atoms with E-state index >= 15 is 0 Å². The van der Waals surface area contributed by atoms with Gasteiger partial charge in [0, 0.05) is 29.3 Å². The van der Waals surface area contributed by atoms with E-state index in [1.807, 2.05) is 56.3 Å². The van der Waals surface area contributed by atoms with Crippen LogP contribution in [0.2, 0.25) is 0 Å². The number of amides is 3. The van der Waals surface area contributed by atoms with Crippen LogP contribution in [0.3, 0.4) is 0 Å². The average Bonchev–Trinajstić information content (AvgIpc) is 2.72. The van der Waals surface area contributed by atoms with Crippen LogP contribution in [-0.4, -0.2) is 30.0 Å². The van der Waals surface area contributed by atoms with Gasteiger partial charge in [-0.3, -0.25) is 14.4 Å². The Bertz CT molecular complexity index is 893. The van der Waals surface area contributed by atoms with Gasteiger partial charge in [-0.15, -0.1) is 0 Å². The van der Waals surface area contributed by atoms with E-state index in [4.69, 9.17) is 0 Å². The maximum atomic E-state index is 12.2. The molecule has 30 heavy (non-hydrogen) atoms. The lowest BCUT2D eigenvalue weighted by Crippen LogP contribution is -2.39. The number of carbonyl (C=O) groups is 3. The Morgan fingerprint density at radius 3 is 2.10 bits per heavy atom. The van der Waals surface area contributed by atoms with E-state index in [2.05, 4.69) is 26.5 Å². The van der Waals surface area contributed by atoms with Gasteiger partial charge in [0.2, 0.25) is 5.91 Å². The number of nitrogens with zero attached hydrogens (tertiary/aromatic N) is 1. The van der Waals surface area contributed by atoms with Crippen molar-refractivity contribution in [2.45, 2.75) is 27.2 Å². The summed E-state index contributed by atoms with van der Waals surface area (Å²) in [7, 11) is 0. The third-order valence-corrected chi connectivity index (χ3v) is 3.87. The molecule has 0 heterocycles. The summed E-state index contributed by atoms with van der Waals surface area (Å²) in [6.07, 6.45) is -0.0160. The summed E-state index contributed by atoms with van der Waals surface area (Å²) in [5, 5.41) is 12.3. The van der Waals surface area contributed by atoms with E-state index in [1.54, 1.807) is 19.1 Å². The number of nitrogens with one attached hydrogen (secondary N) is 4. The molecule has 0 aliphatic carbocycles. The maximum Gasteiger partial charge on any atom is 0.329 e. The Hall–Kier alpha value is -3.68. The molecule has 4 N–H and O–H groups in total. The van der Waals surface area contributed by atoms with Crippen LogP contribution in [0.1, 0.15) is 27.2 Å². The fourth-order valence-corrected chi connectivity index (χ4v) is 2.38. The van der Waals surface area contributed by atoms with Crippen molar-refractivity contribution in [2.75, 3.05) is 17.2 Å². The summed E-state index contributed by atoms with van der Waals surface area (Å²) in [6, 6.07) is 17.1. The second-order valence-electron chi connectivity index (χ2n) is 7.19. The molecule has 0 saturated carbocycles. The summed E-state index contributed by atoms with van der Waals surface area (Å²) < 4.78 is 0.